The fourth-order valence-corrected chi connectivity index (χ4v) is 8.57. The number of fused-ring (bicyclic) bond motifs is 20. The van der Waals surface area contributed by atoms with E-state index in [0.29, 0.717) is 0 Å². The second-order valence-corrected chi connectivity index (χ2v) is 15.2. The fourth-order valence-electron chi connectivity index (χ4n) is 8.57. The summed E-state index contributed by atoms with van der Waals surface area (Å²) >= 11 is 0. The van der Waals surface area contributed by atoms with E-state index < -0.39 is 0 Å². The number of hydrogen-bond acceptors (Lipinski definition) is 10. The van der Waals surface area contributed by atoms with Gasteiger partial charge in [-0.05, 0) is 134 Å². The Hall–Kier alpha value is -7.54. The molecule has 0 radical (unpaired) electrons. The summed E-state index contributed by atoms with van der Waals surface area (Å²) in [5, 5.41) is 11.4. The zero-order valence-electron chi connectivity index (χ0n) is 30.6. The van der Waals surface area contributed by atoms with E-state index in [1.807, 2.05) is 85.0 Å². The van der Waals surface area contributed by atoms with E-state index in [9.17, 15) is 0 Å². The van der Waals surface area contributed by atoms with Crippen molar-refractivity contribution in [3.63, 3.8) is 0 Å². The zero-order chi connectivity index (χ0) is 37.9. The number of nitrogens with zero attached hydrogens (tertiary/aromatic N) is 8. The maximum atomic E-state index is 5.28. The number of rotatable bonds is 0. The summed E-state index contributed by atoms with van der Waals surface area (Å²) in [6.07, 6.45) is 32.9. The number of aromatic nitrogens is 6. The van der Waals surface area contributed by atoms with Crippen molar-refractivity contribution in [2.24, 2.45) is 20.0 Å². The van der Waals surface area contributed by atoms with Gasteiger partial charge in [0.1, 0.15) is 0 Å². The lowest BCUT2D eigenvalue weighted by molar-refractivity contribution is 0.614. The van der Waals surface area contributed by atoms with E-state index in [4.69, 9.17) is 39.9 Å². The first kappa shape index (κ1) is 31.6. The SMILES string of the molecule is C1=CC2=NC1=CC1NC(/C=C3/C=CC(=N3)/C=c3/cc/c([nH]3)=C/2)c2nc3cc4nc5c(nc4cc3nc21)C1/C=C2/C=CC(=N2)/C=c2/cc/c([nH]2)=C/C2=NC(=C\C5N1)/C=C2. The maximum Gasteiger partial charge on any atom is 0.0914 e. The molecule has 8 aliphatic heterocycles. The first-order valence-electron chi connectivity index (χ1n) is 19.3. The Morgan fingerprint density at radius 2 is 0.621 bits per heavy atom. The Morgan fingerprint density at radius 1 is 0.345 bits per heavy atom. The highest BCUT2D eigenvalue weighted by molar-refractivity contribution is 6.21. The first-order chi connectivity index (χ1) is 28.5. The van der Waals surface area contributed by atoms with Crippen molar-refractivity contribution >= 4 is 69.2 Å². The second kappa shape index (κ2) is 12.0. The monoisotopic (exact) mass is 750 g/mol. The minimum Gasteiger partial charge on any atom is -0.355 e. The van der Waals surface area contributed by atoms with Crippen LogP contribution in [-0.4, -0.2) is 52.8 Å². The van der Waals surface area contributed by atoms with Crippen molar-refractivity contribution in [1.29, 1.82) is 0 Å². The molecule has 13 rings (SSSR count). The molecule has 0 amide bonds. The van der Waals surface area contributed by atoms with Crippen LogP contribution >= 0.6 is 0 Å². The van der Waals surface area contributed by atoms with Gasteiger partial charge in [-0.25, -0.2) is 39.9 Å². The lowest BCUT2D eigenvalue weighted by atomic mass is 10.1. The Labute approximate surface area is 329 Å². The maximum absolute atomic E-state index is 5.28. The Balaban J connectivity index is 0.948. The molecule has 16 bridgehead atoms. The van der Waals surface area contributed by atoms with E-state index in [0.717, 1.165) is 112 Å². The molecule has 0 saturated carbocycles. The highest BCUT2D eigenvalue weighted by Gasteiger charge is 2.35. The molecule has 4 aromatic heterocycles. The van der Waals surface area contributed by atoms with Gasteiger partial charge < -0.3 is 9.97 Å². The normalized spacial score (nSPS) is 29.2. The van der Waals surface area contributed by atoms with Crippen molar-refractivity contribution in [2.75, 3.05) is 0 Å². The average molecular weight is 751 g/mol. The molecule has 5 aromatic rings. The molecule has 0 saturated heterocycles. The predicted molar refractivity (Wildman–Crippen MR) is 226 cm³/mol. The van der Waals surface area contributed by atoms with Crippen LogP contribution in [-0.2, 0) is 0 Å². The third kappa shape index (κ3) is 5.38. The van der Waals surface area contributed by atoms with Crippen LogP contribution in [0.2, 0.25) is 0 Å². The Morgan fingerprint density at radius 3 is 0.897 bits per heavy atom. The lowest BCUT2D eigenvalue weighted by Gasteiger charge is -2.09. The summed E-state index contributed by atoms with van der Waals surface area (Å²) in [6, 6.07) is 11.3. The van der Waals surface area contributed by atoms with Crippen LogP contribution in [0.15, 0.2) is 152 Å². The largest absolute Gasteiger partial charge is 0.355 e. The first-order valence-corrected chi connectivity index (χ1v) is 19.3. The van der Waals surface area contributed by atoms with Gasteiger partial charge in [0.05, 0.1) is 115 Å². The van der Waals surface area contributed by atoms with Gasteiger partial charge in [0, 0.05) is 21.4 Å². The lowest BCUT2D eigenvalue weighted by Crippen LogP contribution is -2.15. The Kier molecular flexibility index (Phi) is 6.54. The number of aromatic amines is 2. The van der Waals surface area contributed by atoms with Gasteiger partial charge in [-0.1, -0.05) is 0 Å². The number of H-pyrrole nitrogens is 2. The Bertz CT molecular complexity index is 2980. The molecule has 0 fully saturated rings. The summed E-state index contributed by atoms with van der Waals surface area (Å²) in [6.45, 7) is 0. The summed E-state index contributed by atoms with van der Waals surface area (Å²) in [5.74, 6) is 0. The molecule has 12 nitrogen and oxygen atoms in total. The third-order valence-electron chi connectivity index (χ3n) is 11.2. The molecule has 58 heavy (non-hydrogen) atoms. The van der Waals surface area contributed by atoms with Crippen molar-refractivity contribution < 1.29 is 0 Å². The zero-order valence-corrected chi connectivity index (χ0v) is 30.6. The molecule has 1 aromatic carbocycles. The van der Waals surface area contributed by atoms with E-state index in [1.54, 1.807) is 0 Å². The van der Waals surface area contributed by atoms with Gasteiger partial charge in [0.2, 0.25) is 0 Å². The molecule has 0 aliphatic carbocycles. The van der Waals surface area contributed by atoms with E-state index in [-0.39, 0.29) is 24.2 Å². The summed E-state index contributed by atoms with van der Waals surface area (Å²) in [5.41, 5.74) is 13.3. The molecular weight excluding hydrogens is 721 g/mol. The van der Waals surface area contributed by atoms with Crippen LogP contribution in [0.1, 0.15) is 46.9 Å². The highest BCUT2D eigenvalue weighted by atomic mass is 15.1. The molecular formula is C46H30N12. The number of hydrogen-bond donors (Lipinski definition) is 4. The van der Waals surface area contributed by atoms with Gasteiger partial charge in [-0.3, -0.25) is 10.6 Å². The number of nitrogens with one attached hydrogen (secondary N) is 4. The van der Waals surface area contributed by atoms with E-state index >= 15 is 0 Å². The molecule has 12 heteroatoms. The average Bonchev–Trinajstić information content (AvgIpc) is 4.07. The van der Waals surface area contributed by atoms with Crippen LogP contribution in [0.3, 0.4) is 0 Å². The van der Waals surface area contributed by atoms with Crippen molar-refractivity contribution in [2.45, 2.75) is 24.2 Å². The standard InChI is InChI=1S/C46H30N12/c1-2-24-14-28-6-10-32(50-28)18-40-44-43(39(53-40)17-31-9-5-27(49-31)13-23(1)47-24)55-35-21-37-38(22-36(35)56-44)58-46-42-20-34-12-8-30(52-34)16-26-4-3-25(48-26)15-29-7-11-33(51-29)19-41(54-42)45(46)57-37/h1-22,39-42,47-48,53-54H/b23-13-,24-14-,25-15-,26-16-,31-17-,32-18-,33-19-,34-20?. The van der Waals surface area contributed by atoms with Crippen molar-refractivity contribution in [1.82, 2.24) is 40.5 Å². The second-order valence-electron chi connectivity index (χ2n) is 15.2. The quantitative estimate of drug-likeness (QED) is 0.177. The fraction of sp³-hybridized carbons (Fsp3) is 0.0870. The number of allylic oxidation sites excluding steroid dienone is 8. The summed E-state index contributed by atoms with van der Waals surface area (Å²) in [7, 11) is 0. The van der Waals surface area contributed by atoms with Crippen LogP contribution in [0.4, 0.5) is 0 Å². The van der Waals surface area contributed by atoms with Gasteiger partial charge >= 0.3 is 0 Å². The van der Waals surface area contributed by atoms with Crippen LogP contribution in [0.5, 0.6) is 0 Å². The van der Waals surface area contributed by atoms with E-state index in [1.165, 1.54) is 0 Å². The molecule has 0 spiro atoms. The third-order valence-corrected chi connectivity index (χ3v) is 11.2. The van der Waals surface area contributed by atoms with Crippen LogP contribution in [0.25, 0.3) is 46.4 Å². The van der Waals surface area contributed by atoms with Gasteiger partial charge in [-0.15, -0.1) is 0 Å². The summed E-state index contributed by atoms with van der Waals surface area (Å²) in [4.78, 5) is 47.7. The molecule has 12 heterocycles. The molecule has 274 valence electrons. The van der Waals surface area contributed by atoms with Crippen molar-refractivity contribution in [3.05, 3.63) is 176 Å². The van der Waals surface area contributed by atoms with Crippen LogP contribution < -0.4 is 32.0 Å². The summed E-state index contributed by atoms with van der Waals surface area (Å²) < 4.78 is 0. The minimum atomic E-state index is -0.228. The van der Waals surface area contributed by atoms with Gasteiger partial charge in [-0.2, -0.15) is 0 Å². The topological polar surface area (TPSA) is 157 Å². The van der Waals surface area contributed by atoms with Crippen molar-refractivity contribution in [3.8, 4) is 0 Å². The van der Waals surface area contributed by atoms with E-state index in [2.05, 4.69) is 69.2 Å². The molecule has 4 unspecified atom stereocenters. The number of aliphatic imine (C=N–C) groups is 4. The predicted octanol–water partition coefficient (Wildman–Crippen LogP) is 3.73. The van der Waals surface area contributed by atoms with Crippen LogP contribution in [0, 0.1) is 0 Å². The van der Waals surface area contributed by atoms with Gasteiger partial charge in [0.25, 0.3) is 0 Å². The number of benzene rings is 1. The molecule has 8 aliphatic rings. The van der Waals surface area contributed by atoms with Gasteiger partial charge in [0.15, 0.2) is 0 Å². The highest BCUT2D eigenvalue weighted by Crippen LogP contribution is 2.39. The molecule has 4 atom stereocenters. The molecule has 4 N–H and O–H groups in total. The minimum absolute atomic E-state index is 0.228. The smallest absolute Gasteiger partial charge is 0.0914 e.